The Morgan fingerprint density at radius 3 is 2.62 bits per heavy atom. The van der Waals surface area contributed by atoms with Gasteiger partial charge in [-0.1, -0.05) is 11.6 Å². The second kappa shape index (κ2) is 9.96. The van der Waals surface area contributed by atoms with Crippen LogP contribution in [-0.2, 0) is 28.9 Å². The number of halogens is 1. The maximum absolute atomic E-state index is 13.2. The van der Waals surface area contributed by atoms with E-state index in [0.29, 0.717) is 43.5 Å². The SMILES string of the molecule is C[C@H]1CN(C(=O)c2nn(CC(=O)N3CCC(Oc4ccc(Cl)cc4)CC3)c3c2CCC3)CCO1. The van der Waals surface area contributed by atoms with Crippen molar-refractivity contribution in [1.82, 2.24) is 19.6 Å². The van der Waals surface area contributed by atoms with Crippen LogP contribution in [-0.4, -0.2) is 76.4 Å². The predicted octanol–water partition coefficient (Wildman–Crippen LogP) is 2.96. The zero-order chi connectivity index (χ0) is 23.7. The maximum atomic E-state index is 13.2. The van der Waals surface area contributed by atoms with E-state index < -0.39 is 0 Å². The molecular weight excluding hydrogens is 456 g/mol. The molecule has 0 N–H and O–H groups in total. The number of benzene rings is 1. The predicted molar refractivity (Wildman–Crippen MR) is 127 cm³/mol. The van der Waals surface area contributed by atoms with E-state index in [1.54, 1.807) is 4.68 Å². The summed E-state index contributed by atoms with van der Waals surface area (Å²) < 4.78 is 13.4. The fourth-order valence-corrected chi connectivity index (χ4v) is 5.25. The number of ether oxygens (including phenoxy) is 2. The van der Waals surface area contributed by atoms with Crippen LogP contribution < -0.4 is 4.74 Å². The average Bonchev–Trinajstić information content (AvgIpc) is 3.44. The molecule has 5 rings (SSSR count). The number of carbonyl (C=O) groups is 2. The number of amides is 2. The lowest BCUT2D eigenvalue weighted by Gasteiger charge is -2.32. The van der Waals surface area contributed by atoms with Gasteiger partial charge in [0.2, 0.25) is 5.91 Å². The number of hydrogen-bond donors (Lipinski definition) is 0. The summed E-state index contributed by atoms with van der Waals surface area (Å²) in [5.74, 6) is 0.800. The van der Waals surface area contributed by atoms with Crippen molar-refractivity contribution < 1.29 is 19.1 Å². The van der Waals surface area contributed by atoms with E-state index in [-0.39, 0.29) is 30.6 Å². The van der Waals surface area contributed by atoms with Crippen molar-refractivity contribution in [1.29, 1.82) is 0 Å². The molecule has 0 radical (unpaired) electrons. The number of hydrogen-bond acceptors (Lipinski definition) is 5. The summed E-state index contributed by atoms with van der Waals surface area (Å²) >= 11 is 5.94. The Kier molecular flexibility index (Phi) is 6.79. The van der Waals surface area contributed by atoms with Crippen molar-refractivity contribution in [2.24, 2.45) is 0 Å². The van der Waals surface area contributed by atoms with Crippen LogP contribution in [0.25, 0.3) is 0 Å². The molecule has 2 aromatic rings. The summed E-state index contributed by atoms with van der Waals surface area (Å²) in [4.78, 5) is 30.0. The minimum atomic E-state index is -0.0420. The van der Waals surface area contributed by atoms with Crippen LogP contribution in [0.2, 0.25) is 5.02 Å². The highest BCUT2D eigenvalue weighted by molar-refractivity contribution is 6.30. The third-order valence-corrected chi connectivity index (χ3v) is 7.19. The fraction of sp³-hybridized carbons (Fsp3) is 0.560. The van der Waals surface area contributed by atoms with Crippen LogP contribution in [0.15, 0.2) is 24.3 Å². The third kappa shape index (κ3) is 4.93. The topological polar surface area (TPSA) is 76.9 Å². The second-order valence-electron chi connectivity index (χ2n) is 9.37. The Bertz CT molecular complexity index is 1050. The smallest absolute Gasteiger partial charge is 0.274 e. The van der Waals surface area contributed by atoms with E-state index in [4.69, 9.17) is 21.1 Å². The van der Waals surface area contributed by atoms with Crippen molar-refractivity contribution in [2.75, 3.05) is 32.8 Å². The fourth-order valence-electron chi connectivity index (χ4n) is 5.12. The standard InChI is InChI=1S/C25H31ClN4O4/c1-17-15-29(13-14-33-17)25(32)24-21-3-2-4-22(21)30(27-24)16-23(31)28-11-9-20(10-12-28)34-19-7-5-18(26)6-8-19/h5-8,17,20H,2-4,9-16H2,1H3/t17-/m0/s1. The first kappa shape index (κ1) is 23.2. The number of aromatic nitrogens is 2. The molecule has 9 heteroatoms. The van der Waals surface area contributed by atoms with Crippen LogP contribution in [0, 0.1) is 0 Å². The number of fused-ring (bicyclic) bond motifs is 1. The van der Waals surface area contributed by atoms with E-state index in [1.165, 1.54) is 0 Å². The number of rotatable bonds is 5. The van der Waals surface area contributed by atoms with Gasteiger partial charge in [0.05, 0.1) is 12.7 Å². The van der Waals surface area contributed by atoms with Gasteiger partial charge in [-0.3, -0.25) is 14.3 Å². The molecular formula is C25H31ClN4O4. The molecule has 34 heavy (non-hydrogen) atoms. The number of nitrogens with zero attached hydrogens (tertiary/aromatic N) is 4. The quantitative estimate of drug-likeness (QED) is 0.649. The minimum absolute atomic E-state index is 0.0287. The van der Waals surface area contributed by atoms with Gasteiger partial charge in [-0.2, -0.15) is 5.10 Å². The summed E-state index contributed by atoms with van der Waals surface area (Å²) in [6, 6.07) is 7.37. The van der Waals surface area contributed by atoms with Crippen LogP contribution >= 0.6 is 11.6 Å². The van der Waals surface area contributed by atoms with Crippen LogP contribution in [0.1, 0.15) is 47.9 Å². The zero-order valence-electron chi connectivity index (χ0n) is 19.5. The van der Waals surface area contributed by atoms with Crippen molar-refractivity contribution >= 4 is 23.4 Å². The highest BCUT2D eigenvalue weighted by Crippen LogP contribution is 2.27. The molecule has 1 aromatic carbocycles. The molecule has 3 heterocycles. The lowest BCUT2D eigenvalue weighted by Crippen LogP contribution is -2.45. The average molecular weight is 487 g/mol. The number of piperidine rings is 1. The molecule has 0 bridgehead atoms. The highest BCUT2D eigenvalue weighted by Gasteiger charge is 2.32. The van der Waals surface area contributed by atoms with E-state index in [2.05, 4.69) is 5.10 Å². The monoisotopic (exact) mass is 486 g/mol. The van der Waals surface area contributed by atoms with Crippen molar-refractivity contribution in [3.05, 3.63) is 46.2 Å². The van der Waals surface area contributed by atoms with Crippen LogP contribution in [0.4, 0.5) is 0 Å². The van der Waals surface area contributed by atoms with Crippen LogP contribution in [0.5, 0.6) is 5.75 Å². The van der Waals surface area contributed by atoms with Gasteiger partial charge in [-0.25, -0.2) is 0 Å². The number of likely N-dealkylation sites (tertiary alicyclic amines) is 1. The van der Waals surface area contributed by atoms with E-state index in [0.717, 1.165) is 49.1 Å². The Morgan fingerprint density at radius 2 is 1.88 bits per heavy atom. The van der Waals surface area contributed by atoms with Crippen molar-refractivity contribution in [2.45, 2.75) is 57.8 Å². The first-order valence-electron chi connectivity index (χ1n) is 12.2. The zero-order valence-corrected chi connectivity index (χ0v) is 20.3. The minimum Gasteiger partial charge on any atom is -0.490 e. The summed E-state index contributed by atoms with van der Waals surface area (Å²) in [6.07, 6.45) is 4.38. The van der Waals surface area contributed by atoms with E-state index in [1.807, 2.05) is 41.0 Å². The second-order valence-corrected chi connectivity index (χ2v) is 9.81. The van der Waals surface area contributed by atoms with E-state index >= 15 is 0 Å². The molecule has 1 atom stereocenters. The molecule has 0 unspecified atom stereocenters. The molecule has 0 spiro atoms. The molecule has 0 saturated carbocycles. The third-order valence-electron chi connectivity index (χ3n) is 6.93. The Hall–Kier alpha value is -2.58. The molecule has 3 aliphatic rings. The van der Waals surface area contributed by atoms with Gasteiger partial charge < -0.3 is 19.3 Å². The van der Waals surface area contributed by atoms with Gasteiger partial charge in [0.1, 0.15) is 18.4 Å². The first-order valence-corrected chi connectivity index (χ1v) is 12.5. The molecule has 8 nitrogen and oxygen atoms in total. The number of carbonyl (C=O) groups excluding carboxylic acids is 2. The molecule has 2 saturated heterocycles. The summed E-state index contributed by atoms with van der Waals surface area (Å²) in [7, 11) is 0. The molecule has 1 aromatic heterocycles. The maximum Gasteiger partial charge on any atom is 0.274 e. The van der Waals surface area contributed by atoms with Gasteiger partial charge in [-0.05, 0) is 50.5 Å². The lowest BCUT2D eigenvalue weighted by atomic mass is 10.1. The molecule has 2 aliphatic heterocycles. The van der Waals surface area contributed by atoms with Gasteiger partial charge in [0, 0.05) is 55.3 Å². The largest absolute Gasteiger partial charge is 0.490 e. The lowest BCUT2D eigenvalue weighted by molar-refractivity contribution is -0.133. The molecule has 2 amide bonds. The van der Waals surface area contributed by atoms with Gasteiger partial charge >= 0.3 is 0 Å². The Morgan fingerprint density at radius 1 is 1.12 bits per heavy atom. The number of morpholine rings is 1. The molecule has 182 valence electrons. The van der Waals surface area contributed by atoms with Crippen molar-refractivity contribution in [3.63, 3.8) is 0 Å². The highest BCUT2D eigenvalue weighted by atomic mass is 35.5. The molecule has 1 aliphatic carbocycles. The van der Waals surface area contributed by atoms with Gasteiger partial charge in [0.25, 0.3) is 5.91 Å². The summed E-state index contributed by atoms with van der Waals surface area (Å²) in [5.41, 5.74) is 2.58. The van der Waals surface area contributed by atoms with Gasteiger partial charge in [0.15, 0.2) is 5.69 Å². The summed E-state index contributed by atoms with van der Waals surface area (Å²) in [6.45, 7) is 5.16. The summed E-state index contributed by atoms with van der Waals surface area (Å²) in [5, 5.41) is 5.33. The normalized spacial score (nSPS) is 20.9. The Balaban J connectivity index is 1.20. The van der Waals surface area contributed by atoms with Crippen LogP contribution in [0.3, 0.4) is 0 Å². The Labute approximate surface area is 204 Å². The first-order chi connectivity index (χ1) is 16.5. The van der Waals surface area contributed by atoms with Crippen molar-refractivity contribution in [3.8, 4) is 5.75 Å². The van der Waals surface area contributed by atoms with Gasteiger partial charge in [-0.15, -0.1) is 0 Å². The molecule has 2 fully saturated rings. The van der Waals surface area contributed by atoms with E-state index in [9.17, 15) is 9.59 Å².